The Labute approximate surface area is 136 Å². The molecule has 0 aromatic heterocycles. The Morgan fingerprint density at radius 1 is 1.26 bits per heavy atom. The largest absolute Gasteiger partial charge is 0.488 e. The summed E-state index contributed by atoms with van der Waals surface area (Å²) in [5.41, 5.74) is 0.235. The van der Waals surface area contributed by atoms with Gasteiger partial charge in [0.05, 0.1) is 0 Å². The highest BCUT2D eigenvalue weighted by molar-refractivity contribution is 6.58. The summed E-state index contributed by atoms with van der Waals surface area (Å²) in [7, 11) is -1.58. The Bertz CT molecular complexity index is 543. The number of carbonyl (C=O) groups excluding carboxylic acids is 2. The monoisotopic (exact) mass is 322 g/mol. The van der Waals surface area contributed by atoms with Crippen LogP contribution in [0.2, 0.25) is 0 Å². The molecule has 0 atom stereocenters. The third kappa shape index (κ3) is 8.22. The lowest BCUT2D eigenvalue weighted by molar-refractivity contribution is -0.116. The number of carbonyl (C=O) groups is 2. The Morgan fingerprint density at radius 2 is 1.96 bits per heavy atom. The van der Waals surface area contributed by atoms with E-state index in [9.17, 15) is 9.59 Å². The van der Waals surface area contributed by atoms with Crippen molar-refractivity contribution in [3.8, 4) is 0 Å². The maximum Gasteiger partial charge on any atom is 0.488 e. The standard InChI is InChI=1S/C15H23BN2O5/c1-15(2,3)23-14(20)17-9-5-8-13(19)18-12-7-4-6-11(10-12)16(21)22/h4,6-7,10,21-22H,5,8-9H2,1-3H3,(H,17,20)(H,18,19). The van der Waals surface area contributed by atoms with Crippen molar-refractivity contribution in [1.82, 2.24) is 5.32 Å². The van der Waals surface area contributed by atoms with Crippen LogP contribution in [0.5, 0.6) is 0 Å². The van der Waals surface area contributed by atoms with Crippen LogP contribution in [0.4, 0.5) is 10.5 Å². The van der Waals surface area contributed by atoms with E-state index in [1.54, 1.807) is 39.0 Å². The molecule has 23 heavy (non-hydrogen) atoms. The Morgan fingerprint density at radius 3 is 2.57 bits per heavy atom. The van der Waals surface area contributed by atoms with Gasteiger partial charge in [0, 0.05) is 18.7 Å². The van der Waals surface area contributed by atoms with E-state index in [4.69, 9.17) is 14.8 Å². The molecule has 0 bridgehead atoms. The summed E-state index contributed by atoms with van der Waals surface area (Å²) in [4.78, 5) is 23.2. The summed E-state index contributed by atoms with van der Waals surface area (Å²) in [6.45, 7) is 5.66. The lowest BCUT2D eigenvalue weighted by Crippen LogP contribution is -2.33. The minimum atomic E-state index is -1.58. The molecule has 0 saturated heterocycles. The van der Waals surface area contributed by atoms with Crippen LogP contribution in [0.25, 0.3) is 0 Å². The van der Waals surface area contributed by atoms with Crippen molar-refractivity contribution in [1.29, 1.82) is 0 Å². The molecule has 0 aliphatic rings. The fourth-order valence-electron chi connectivity index (χ4n) is 1.75. The predicted octanol–water partition coefficient (Wildman–Crippen LogP) is 0.610. The van der Waals surface area contributed by atoms with Gasteiger partial charge in [0.2, 0.25) is 5.91 Å². The molecule has 0 aliphatic carbocycles. The summed E-state index contributed by atoms with van der Waals surface area (Å²) in [5, 5.41) is 23.4. The fraction of sp³-hybridized carbons (Fsp3) is 0.467. The molecule has 0 spiro atoms. The van der Waals surface area contributed by atoms with Gasteiger partial charge in [-0.15, -0.1) is 0 Å². The van der Waals surface area contributed by atoms with Crippen molar-refractivity contribution in [2.24, 2.45) is 0 Å². The smallest absolute Gasteiger partial charge is 0.444 e. The van der Waals surface area contributed by atoms with Crippen LogP contribution in [0, 0.1) is 0 Å². The number of rotatable bonds is 6. The molecule has 1 rings (SSSR count). The average molecular weight is 322 g/mol. The van der Waals surface area contributed by atoms with Crippen LogP contribution in [-0.4, -0.2) is 41.3 Å². The summed E-state index contributed by atoms with van der Waals surface area (Å²) < 4.78 is 5.08. The molecule has 0 aliphatic heterocycles. The topological polar surface area (TPSA) is 108 Å². The molecule has 8 heteroatoms. The Kier molecular flexibility index (Phi) is 7.06. The van der Waals surface area contributed by atoms with E-state index in [-0.39, 0.29) is 12.3 Å². The van der Waals surface area contributed by atoms with Crippen molar-refractivity contribution in [3.05, 3.63) is 24.3 Å². The average Bonchev–Trinajstić information content (AvgIpc) is 2.42. The second-order valence-corrected chi connectivity index (χ2v) is 6.08. The van der Waals surface area contributed by atoms with E-state index in [1.807, 2.05) is 0 Å². The van der Waals surface area contributed by atoms with Crippen LogP contribution < -0.4 is 16.1 Å². The molecule has 7 nitrogen and oxygen atoms in total. The minimum Gasteiger partial charge on any atom is -0.444 e. The normalized spacial score (nSPS) is 10.8. The van der Waals surface area contributed by atoms with Gasteiger partial charge in [0.25, 0.3) is 0 Å². The van der Waals surface area contributed by atoms with E-state index in [2.05, 4.69) is 10.6 Å². The first-order valence-electron chi connectivity index (χ1n) is 7.40. The second-order valence-electron chi connectivity index (χ2n) is 6.08. The third-order valence-corrected chi connectivity index (χ3v) is 2.72. The number of amides is 2. The lowest BCUT2D eigenvalue weighted by atomic mass is 9.80. The number of ether oxygens (including phenoxy) is 1. The van der Waals surface area contributed by atoms with Crippen molar-refractivity contribution in [2.75, 3.05) is 11.9 Å². The van der Waals surface area contributed by atoms with Gasteiger partial charge in [-0.25, -0.2) is 4.79 Å². The molecule has 0 fully saturated rings. The SMILES string of the molecule is CC(C)(C)OC(=O)NCCCC(=O)Nc1cccc(B(O)O)c1. The first-order valence-corrected chi connectivity index (χ1v) is 7.40. The fourth-order valence-corrected chi connectivity index (χ4v) is 1.75. The molecule has 1 aromatic carbocycles. The second kappa shape index (κ2) is 8.54. The first-order chi connectivity index (χ1) is 10.7. The molecule has 1 aromatic rings. The number of hydrogen-bond donors (Lipinski definition) is 4. The van der Waals surface area contributed by atoms with E-state index in [1.165, 1.54) is 6.07 Å². The van der Waals surface area contributed by atoms with Gasteiger partial charge in [0.1, 0.15) is 5.60 Å². The molecule has 126 valence electrons. The summed E-state index contributed by atoms with van der Waals surface area (Å²) in [6, 6.07) is 6.31. The molecule has 2 amide bonds. The number of anilines is 1. The van der Waals surface area contributed by atoms with Gasteiger partial charge in [-0.05, 0) is 44.8 Å². The van der Waals surface area contributed by atoms with Gasteiger partial charge in [-0.1, -0.05) is 12.1 Å². The molecule has 0 unspecified atom stereocenters. The number of hydrogen-bond acceptors (Lipinski definition) is 5. The van der Waals surface area contributed by atoms with E-state index < -0.39 is 18.8 Å². The molecule has 0 saturated carbocycles. The van der Waals surface area contributed by atoms with Crippen molar-refractivity contribution in [2.45, 2.75) is 39.2 Å². The minimum absolute atomic E-state index is 0.222. The van der Waals surface area contributed by atoms with Crippen LogP contribution in [0.15, 0.2) is 24.3 Å². The van der Waals surface area contributed by atoms with Crippen molar-refractivity contribution in [3.63, 3.8) is 0 Å². The molecular weight excluding hydrogens is 299 g/mol. The van der Waals surface area contributed by atoms with E-state index in [0.29, 0.717) is 24.1 Å². The van der Waals surface area contributed by atoms with Crippen molar-refractivity contribution >= 4 is 30.3 Å². The van der Waals surface area contributed by atoms with Gasteiger partial charge >= 0.3 is 13.2 Å². The Hall–Kier alpha value is -2.06. The van der Waals surface area contributed by atoms with Crippen LogP contribution in [0.1, 0.15) is 33.6 Å². The zero-order chi connectivity index (χ0) is 17.5. The zero-order valence-corrected chi connectivity index (χ0v) is 13.6. The highest BCUT2D eigenvalue weighted by Gasteiger charge is 2.15. The van der Waals surface area contributed by atoms with Gasteiger partial charge in [0.15, 0.2) is 0 Å². The van der Waals surface area contributed by atoms with E-state index in [0.717, 1.165) is 0 Å². The van der Waals surface area contributed by atoms with Gasteiger partial charge in [-0.2, -0.15) is 0 Å². The maximum atomic E-state index is 11.8. The van der Waals surface area contributed by atoms with Crippen LogP contribution in [-0.2, 0) is 9.53 Å². The molecule has 0 radical (unpaired) electrons. The number of alkyl carbamates (subject to hydrolysis) is 1. The summed E-state index contributed by atoms with van der Waals surface area (Å²) in [6.07, 6.45) is 0.178. The quantitative estimate of drug-likeness (QED) is 0.453. The summed E-state index contributed by atoms with van der Waals surface area (Å²) >= 11 is 0. The molecular formula is C15H23BN2O5. The van der Waals surface area contributed by atoms with Crippen LogP contribution in [0.3, 0.4) is 0 Å². The van der Waals surface area contributed by atoms with Crippen molar-refractivity contribution < 1.29 is 24.4 Å². The zero-order valence-electron chi connectivity index (χ0n) is 13.6. The third-order valence-electron chi connectivity index (χ3n) is 2.72. The van der Waals surface area contributed by atoms with Gasteiger partial charge in [-0.3, -0.25) is 4.79 Å². The molecule has 0 heterocycles. The summed E-state index contributed by atoms with van der Waals surface area (Å²) in [5.74, 6) is -0.222. The first kappa shape index (κ1) is 19.0. The predicted molar refractivity (Wildman–Crippen MR) is 88.4 cm³/mol. The number of benzene rings is 1. The Balaban J connectivity index is 2.30. The number of nitrogens with one attached hydrogen (secondary N) is 2. The van der Waals surface area contributed by atoms with Gasteiger partial charge < -0.3 is 25.4 Å². The maximum absolute atomic E-state index is 11.8. The highest BCUT2D eigenvalue weighted by atomic mass is 16.6. The van der Waals surface area contributed by atoms with Crippen LogP contribution >= 0.6 is 0 Å². The lowest BCUT2D eigenvalue weighted by Gasteiger charge is -2.19. The highest BCUT2D eigenvalue weighted by Crippen LogP contribution is 2.07. The van der Waals surface area contributed by atoms with E-state index >= 15 is 0 Å². The molecule has 4 N–H and O–H groups in total.